The van der Waals surface area contributed by atoms with Gasteiger partial charge >= 0.3 is 0 Å². The summed E-state index contributed by atoms with van der Waals surface area (Å²) in [5.74, 6) is 0.0596. The summed E-state index contributed by atoms with van der Waals surface area (Å²) in [6.07, 6.45) is 2.13. The summed E-state index contributed by atoms with van der Waals surface area (Å²) in [7, 11) is 0. The fraction of sp³-hybridized carbons (Fsp3) is 0.364. The first-order valence-electron chi connectivity index (χ1n) is 5.07. The van der Waals surface area contributed by atoms with Gasteiger partial charge in [-0.15, -0.1) is 0 Å². The molecule has 0 aliphatic carbocycles. The average molecular weight is 443 g/mol. The summed E-state index contributed by atoms with van der Waals surface area (Å²) in [6.45, 7) is 1.61. The van der Waals surface area contributed by atoms with E-state index in [0.29, 0.717) is 5.56 Å². The van der Waals surface area contributed by atoms with Gasteiger partial charge in [0, 0.05) is 16.7 Å². The molecule has 0 bridgehead atoms. The molecule has 1 aliphatic heterocycles. The third kappa shape index (κ3) is 2.44. The van der Waals surface area contributed by atoms with E-state index in [4.69, 9.17) is 0 Å². The maximum Gasteiger partial charge on any atom is 0.257 e. The standard InChI is InChI=1S/C11H11I2NO2/c12-7-5-8(10(15)9(13)6-7)11(16)14-3-1-2-4-14/h5-6,15H,1-4H2. The van der Waals surface area contributed by atoms with Gasteiger partial charge in [0.2, 0.25) is 0 Å². The van der Waals surface area contributed by atoms with Gasteiger partial charge in [0.15, 0.2) is 0 Å². The van der Waals surface area contributed by atoms with E-state index in [9.17, 15) is 9.90 Å². The van der Waals surface area contributed by atoms with Crippen molar-refractivity contribution in [2.45, 2.75) is 12.8 Å². The number of rotatable bonds is 1. The smallest absolute Gasteiger partial charge is 0.257 e. The van der Waals surface area contributed by atoms with Gasteiger partial charge in [0.05, 0.1) is 9.13 Å². The van der Waals surface area contributed by atoms with Gasteiger partial charge in [0.25, 0.3) is 5.91 Å². The molecule has 2 rings (SSSR count). The number of likely N-dealkylation sites (tertiary alicyclic amines) is 1. The van der Waals surface area contributed by atoms with Gasteiger partial charge in [-0.3, -0.25) is 4.79 Å². The Hall–Kier alpha value is -0.0500. The van der Waals surface area contributed by atoms with Crippen LogP contribution < -0.4 is 0 Å². The number of carbonyl (C=O) groups is 1. The number of benzene rings is 1. The number of phenolic OH excluding ortho intramolecular Hbond substituents is 1. The van der Waals surface area contributed by atoms with Crippen molar-refractivity contribution in [3.8, 4) is 5.75 Å². The summed E-state index contributed by atoms with van der Waals surface area (Å²) in [6, 6.07) is 3.61. The van der Waals surface area contributed by atoms with Crippen LogP contribution >= 0.6 is 45.2 Å². The first-order valence-corrected chi connectivity index (χ1v) is 7.22. The molecule has 1 aromatic carbocycles. The van der Waals surface area contributed by atoms with Crippen LogP contribution in [0.25, 0.3) is 0 Å². The Kier molecular flexibility index (Phi) is 3.93. The summed E-state index contributed by atoms with van der Waals surface area (Å²) >= 11 is 4.20. The Balaban J connectivity index is 2.35. The maximum absolute atomic E-state index is 12.1. The SMILES string of the molecule is O=C(c1cc(I)cc(I)c1O)N1CCCC1. The van der Waals surface area contributed by atoms with E-state index in [1.807, 2.05) is 28.7 Å². The number of carbonyl (C=O) groups excluding carboxylic acids is 1. The highest BCUT2D eigenvalue weighted by Gasteiger charge is 2.23. The minimum atomic E-state index is -0.0496. The van der Waals surface area contributed by atoms with E-state index in [-0.39, 0.29) is 11.7 Å². The minimum Gasteiger partial charge on any atom is -0.506 e. The van der Waals surface area contributed by atoms with Crippen molar-refractivity contribution < 1.29 is 9.90 Å². The molecule has 0 spiro atoms. The molecule has 0 saturated carbocycles. The average Bonchev–Trinajstić information content (AvgIpc) is 2.75. The van der Waals surface area contributed by atoms with Crippen LogP contribution in [0.2, 0.25) is 0 Å². The number of hydrogen-bond acceptors (Lipinski definition) is 2. The molecule has 1 N–H and O–H groups in total. The van der Waals surface area contributed by atoms with E-state index in [1.54, 1.807) is 11.0 Å². The van der Waals surface area contributed by atoms with Crippen LogP contribution in [-0.2, 0) is 0 Å². The summed E-state index contributed by atoms with van der Waals surface area (Å²) in [4.78, 5) is 13.9. The zero-order valence-corrected chi connectivity index (χ0v) is 12.9. The highest BCUT2D eigenvalue weighted by Crippen LogP contribution is 2.28. The van der Waals surface area contributed by atoms with Crippen LogP contribution in [0, 0.1) is 7.14 Å². The molecule has 1 heterocycles. The summed E-state index contributed by atoms with van der Waals surface area (Å²) < 4.78 is 1.70. The molecule has 86 valence electrons. The number of aromatic hydroxyl groups is 1. The Bertz CT molecular complexity index is 428. The van der Waals surface area contributed by atoms with Crippen molar-refractivity contribution >= 4 is 51.1 Å². The minimum absolute atomic E-state index is 0.0496. The van der Waals surface area contributed by atoms with Gasteiger partial charge in [-0.2, -0.15) is 0 Å². The van der Waals surface area contributed by atoms with Crippen molar-refractivity contribution in [3.05, 3.63) is 24.8 Å². The second-order valence-corrected chi connectivity index (χ2v) is 6.19. The van der Waals surface area contributed by atoms with Crippen molar-refractivity contribution in [3.63, 3.8) is 0 Å². The van der Waals surface area contributed by atoms with Crippen molar-refractivity contribution in [1.82, 2.24) is 4.90 Å². The van der Waals surface area contributed by atoms with Gasteiger partial charge < -0.3 is 10.0 Å². The zero-order valence-electron chi connectivity index (χ0n) is 8.54. The lowest BCUT2D eigenvalue weighted by atomic mass is 10.2. The number of hydrogen-bond donors (Lipinski definition) is 1. The van der Waals surface area contributed by atoms with E-state index >= 15 is 0 Å². The van der Waals surface area contributed by atoms with Gasteiger partial charge in [-0.05, 0) is 70.2 Å². The van der Waals surface area contributed by atoms with E-state index in [2.05, 4.69) is 22.6 Å². The zero-order chi connectivity index (χ0) is 11.7. The lowest BCUT2D eigenvalue weighted by Gasteiger charge is -2.16. The molecule has 1 fully saturated rings. The van der Waals surface area contributed by atoms with E-state index in [0.717, 1.165) is 33.1 Å². The summed E-state index contributed by atoms with van der Waals surface area (Å²) in [5, 5.41) is 9.89. The summed E-state index contributed by atoms with van der Waals surface area (Å²) in [5.41, 5.74) is 0.429. The third-order valence-corrected chi connectivity index (χ3v) is 4.10. The van der Waals surface area contributed by atoms with Gasteiger partial charge in [-0.1, -0.05) is 0 Å². The topological polar surface area (TPSA) is 40.5 Å². The maximum atomic E-state index is 12.1. The van der Waals surface area contributed by atoms with E-state index < -0.39 is 0 Å². The van der Waals surface area contributed by atoms with Crippen molar-refractivity contribution in [2.75, 3.05) is 13.1 Å². The van der Waals surface area contributed by atoms with Crippen LogP contribution in [0.3, 0.4) is 0 Å². The monoisotopic (exact) mass is 443 g/mol. The third-order valence-electron chi connectivity index (χ3n) is 2.65. The van der Waals surface area contributed by atoms with Gasteiger partial charge in [0.1, 0.15) is 5.75 Å². The highest BCUT2D eigenvalue weighted by molar-refractivity contribution is 14.1. The quantitative estimate of drug-likeness (QED) is 0.679. The molecule has 5 heteroatoms. The van der Waals surface area contributed by atoms with Crippen LogP contribution in [0.15, 0.2) is 12.1 Å². The predicted molar refractivity (Wildman–Crippen MR) is 78.7 cm³/mol. The van der Waals surface area contributed by atoms with Gasteiger partial charge in [-0.25, -0.2) is 0 Å². The lowest BCUT2D eigenvalue weighted by molar-refractivity contribution is 0.0789. The molecule has 1 saturated heterocycles. The van der Waals surface area contributed by atoms with Crippen LogP contribution in [0.4, 0.5) is 0 Å². The highest BCUT2D eigenvalue weighted by atomic mass is 127. The molecule has 0 unspecified atom stereocenters. The Morgan fingerprint density at radius 3 is 2.50 bits per heavy atom. The molecule has 1 aliphatic rings. The van der Waals surface area contributed by atoms with Crippen LogP contribution in [-0.4, -0.2) is 29.0 Å². The Morgan fingerprint density at radius 1 is 1.25 bits per heavy atom. The molecule has 16 heavy (non-hydrogen) atoms. The molecule has 0 aromatic heterocycles. The second-order valence-electron chi connectivity index (χ2n) is 3.78. The van der Waals surface area contributed by atoms with Crippen LogP contribution in [0.5, 0.6) is 5.75 Å². The molecular formula is C11H11I2NO2. The molecule has 1 aromatic rings. The molecule has 0 atom stereocenters. The number of amides is 1. The predicted octanol–water partition coefficient (Wildman–Crippen LogP) is 2.84. The van der Waals surface area contributed by atoms with Crippen LogP contribution in [0.1, 0.15) is 23.2 Å². The molecular weight excluding hydrogens is 432 g/mol. The first kappa shape index (κ1) is 12.4. The van der Waals surface area contributed by atoms with Crippen molar-refractivity contribution in [1.29, 1.82) is 0 Å². The number of phenols is 1. The lowest BCUT2D eigenvalue weighted by Crippen LogP contribution is -2.27. The molecule has 0 radical (unpaired) electrons. The first-order chi connectivity index (χ1) is 7.59. The number of halogens is 2. The largest absolute Gasteiger partial charge is 0.506 e. The number of nitrogens with zero attached hydrogens (tertiary/aromatic N) is 1. The molecule has 1 amide bonds. The van der Waals surface area contributed by atoms with E-state index in [1.165, 1.54) is 0 Å². The fourth-order valence-electron chi connectivity index (χ4n) is 1.82. The molecule has 3 nitrogen and oxygen atoms in total. The van der Waals surface area contributed by atoms with Crippen molar-refractivity contribution in [2.24, 2.45) is 0 Å². The normalized spacial score (nSPS) is 15.5. The second kappa shape index (κ2) is 5.07. The Labute approximate surface area is 121 Å². The Morgan fingerprint density at radius 2 is 1.88 bits per heavy atom. The fourth-order valence-corrected chi connectivity index (χ4v) is 3.66.